The van der Waals surface area contributed by atoms with E-state index in [0.29, 0.717) is 25.3 Å². The van der Waals surface area contributed by atoms with Crippen molar-refractivity contribution in [3.05, 3.63) is 30.1 Å². The maximum absolute atomic E-state index is 13.8. The van der Waals surface area contributed by atoms with E-state index in [1.165, 1.54) is 22.5 Å². The van der Waals surface area contributed by atoms with Gasteiger partial charge in [-0.05, 0) is 56.8 Å². The van der Waals surface area contributed by atoms with Gasteiger partial charge in [-0.1, -0.05) is 12.1 Å². The fourth-order valence-electron chi connectivity index (χ4n) is 3.64. The van der Waals surface area contributed by atoms with E-state index in [1.54, 1.807) is 0 Å². The Bertz CT molecular complexity index is 727. The number of amides is 1. The van der Waals surface area contributed by atoms with E-state index in [0.717, 1.165) is 32.0 Å². The number of halogens is 1. The lowest BCUT2D eigenvalue weighted by atomic mass is 9.96. The van der Waals surface area contributed by atoms with Gasteiger partial charge in [-0.15, -0.1) is 0 Å². The molecule has 0 radical (unpaired) electrons. The summed E-state index contributed by atoms with van der Waals surface area (Å²) in [7, 11) is -3.85. The smallest absolute Gasteiger partial charge is 0.245 e. The zero-order valence-electron chi connectivity index (χ0n) is 14.8. The SMILES string of the molecule is O=C(NCC1CCCNC1)C1CCN(S(=O)(=O)c2ccccc2F)CC1. The predicted octanol–water partition coefficient (Wildman–Crippen LogP) is 1.34. The van der Waals surface area contributed by atoms with Crippen LogP contribution in [-0.4, -0.2) is 51.4 Å². The molecule has 0 aliphatic carbocycles. The number of rotatable bonds is 5. The van der Waals surface area contributed by atoms with Crippen LogP contribution in [0.1, 0.15) is 25.7 Å². The van der Waals surface area contributed by atoms with Crippen LogP contribution in [0, 0.1) is 17.7 Å². The fraction of sp³-hybridized carbons (Fsp3) is 0.611. The van der Waals surface area contributed by atoms with E-state index in [4.69, 9.17) is 0 Å². The maximum Gasteiger partial charge on any atom is 0.245 e. The van der Waals surface area contributed by atoms with Crippen LogP contribution in [0.4, 0.5) is 4.39 Å². The average Bonchev–Trinajstić information content (AvgIpc) is 2.67. The highest BCUT2D eigenvalue weighted by Crippen LogP contribution is 2.25. The van der Waals surface area contributed by atoms with Crippen LogP contribution in [-0.2, 0) is 14.8 Å². The van der Waals surface area contributed by atoms with E-state index in [2.05, 4.69) is 10.6 Å². The predicted molar refractivity (Wildman–Crippen MR) is 96.5 cm³/mol. The van der Waals surface area contributed by atoms with Gasteiger partial charge in [0, 0.05) is 25.6 Å². The number of carbonyl (C=O) groups is 1. The number of hydrogen-bond acceptors (Lipinski definition) is 4. The van der Waals surface area contributed by atoms with Crippen molar-refractivity contribution in [2.45, 2.75) is 30.6 Å². The Kier molecular flexibility index (Phi) is 6.26. The second-order valence-electron chi connectivity index (χ2n) is 7.07. The molecule has 0 bridgehead atoms. The minimum absolute atomic E-state index is 0.00138. The molecule has 2 saturated heterocycles. The van der Waals surface area contributed by atoms with Crippen molar-refractivity contribution < 1.29 is 17.6 Å². The molecule has 0 saturated carbocycles. The van der Waals surface area contributed by atoms with Crippen molar-refractivity contribution in [3.63, 3.8) is 0 Å². The molecule has 1 atom stereocenters. The normalized spacial score (nSPS) is 22.9. The zero-order valence-corrected chi connectivity index (χ0v) is 15.6. The number of nitrogens with one attached hydrogen (secondary N) is 2. The van der Waals surface area contributed by atoms with Crippen molar-refractivity contribution >= 4 is 15.9 Å². The van der Waals surface area contributed by atoms with Crippen LogP contribution in [0.2, 0.25) is 0 Å². The summed E-state index contributed by atoms with van der Waals surface area (Å²) in [6, 6.07) is 5.40. The van der Waals surface area contributed by atoms with E-state index in [1.807, 2.05) is 0 Å². The Morgan fingerprint density at radius 2 is 1.96 bits per heavy atom. The summed E-state index contributed by atoms with van der Waals surface area (Å²) >= 11 is 0. The third-order valence-corrected chi connectivity index (χ3v) is 7.17. The fourth-order valence-corrected chi connectivity index (χ4v) is 5.17. The van der Waals surface area contributed by atoms with E-state index < -0.39 is 15.8 Å². The molecular weight excluding hydrogens is 357 g/mol. The summed E-state index contributed by atoms with van der Waals surface area (Å²) < 4.78 is 40.3. The van der Waals surface area contributed by atoms with E-state index >= 15 is 0 Å². The summed E-state index contributed by atoms with van der Waals surface area (Å²) in [4.78, 5) is 12.1. The molecule has 1 aromatic rings. The minimum atomic E-state index is -3.85. The van der Waals surface area contributed by atoms with Crippen LogP contribution in [0.25, 0.3) is 0 Å². The van der Waals surface area contributed by atoms with Gasteiger partial charge in [-0.3, -0.25) is 4.79 Å². The molecule has 1 aromatic carbocycles. The molecule has 1 unspecified atom stereocenters. The molecule has 2 aliphatic rings. The molecular formula is C18H26FN3O3S. The van der Waals surface area contributed by atoms with Gasteiger partial charge in [0.2, 0.25) is 15.9 Å². The average molecular weight is 383 g/mol. The van der Waals surface area contributed by atoms with Crippen molar-refractivity contribution in [3.8, 4) is 0 Å². The van der Waals surface area contributed by atoms with Gasteiger partial charge >= 0.3 is 0 Å². The summed E-state index contributed by atoms with van der Waals surface area (Å²) in [5.41, 5.74) is 0. The van der Waals surface area contributed by atoms with Gasteiger partial charge in [-0.2, -0.15) is 4.31 Å². The topological polar surface area (TPSA) is 78.5 Å². The molecule has 26 heavy (non-hydrogen) atoms. The molecule has 0 spiro atoms. The van der Waals surface area contributed by atoms with Crippen LogP contribution in [0.3, 0.4) is 0 Å². The van der Waals surface area contributed by atoms with Crippen LogP contribution in [0.5, 0.6) is 0 Å². The summed E-state index contributed by atoms with van der Waals surface area (Å²) in [6.07, 6.45) is 3.17. The van der Waals surface area contributed by atoms with Gasteiger partial charge in [0.1, 0.15) is 10.7 Å². The van der Waals surface area contributed by atoms with Crippen molar-refractivity contribution in [2.75, 3.05) is 32.7 Å². The zero-order chi connectivity index (χ0) is 18.6. The first-order valence-corrected chi connectivity index (χ1v) is 10.7. The van der Waals surface area contributed by atoms with Gasteiger partial charge in [-0.25, -0.2) is 12.8 Å². The first-order valence-electron chi connectivity index (χ1n) is 9.21. The van der Waals surface area contributed by atoms with Crippen LogP contribution in [0.15, 0.2) is 29.2 Å². The van der Waals surface area contributed by atoms with Crippen molar-refractivity contribution in [2.24, 2.45) is 11.8 Å². The largest absolute Gasteiger partial charge is 0.356 e. The summed E-state index contributed by atoms with van der Waals surface area (Å²) in [5, 5.41) is 6.33. The number of piperidine rings is 2. The first-order chi connectivity index (χ1) is 12.5. The van der Waals surface area contributed by atoms with Crippen molar-refractivity contribution in [1.29, 1.82) is 0 Å². The molecule has 2 heterocycles. The summed E-state index contributed by atoms with van der Waals surface area (Å²) in [5.74, 6) is -0.459. The standard InChI is InChI=1S/C18H26FN3O3S/c19-16-5-1-2-6-17(16)26(24,25)22-10-7-15(8-11-22)18(23)21-13-14-4-3-9-20-12-14/h1-2,5-6,14-15,20H,3-4,7-13H2,(H,21,23). The van der Waals surface area contributed by atoms with Gasteiger partial charge in [0.05, 0.1) is 0 Å². The Morgan fingerprint density at radius 1 is 1.23 bits per heavy atom. The molecule has 1 amide bonds. The lowest BCUT2D eigenvalue weighted by Crippen LogP contribution is -2.45. The molecule has 0 aromatic heterocycles. The second kappa shape index (κ2) is 8.45. The summed E-state index contributed by atoms with van der Waals surface area (Å²) in [6.45, 7) is 3.11. The Morgan fingerprint density at radius 3 is 2.62 bits per heavy atom. The molecule has 144 valence electrons. The Labute approximate surface area is 154 Å². The van der Waals surface area contributed by atoms with Gasteiger partial charge < -0.3 is 10.6 Å². The van der Waals surface area contributed by atoms with Gasteiger partial charge in [0.15, 0.2) is 0 Å². The highest BCUT2D eigenvalue weighted by Gasteiger charge is 2.33. The number of hydrogen-bond donors (Lipinski definition) is 2. The minimum Gasteiger partial charge on any atom is -0.356 e. The maximum atomic E-state index is 13.8. The lowest BCUT2D eigenvalue weighted by Gasteiger charge is -2.31. The van der Waals surface area contributed by atoms with Crippen molar-refractivity contribution in [1.82, 2.24) is 14.9 Å². The Hall–Kier alpha value is -1.51. The van der Waals surface area contributed by atoms with Crippen LogP contribution >= 0.6 is 0 Å². The van der Waals surface area contributed by atoms with E-state index in [9.17, 15) is 17.6 Å². The van der Waals surface area contributed by atoms with Crippen LogP contribution < -0.4 is 10.6 Å². The highest BCUT2D eigenvalue weighted by molar-refractivity contribution is 7.89. The number of benzene rings is 1. The number of sulfonamides is 1. The monoisotopic (exact) mass is 383 g/mol. The van der Waals surface area contributed by atoms with Gasteiger partial charge in [0.25, 0.3) is 0 Å². The first kappa shape index (κ1) is 19.3. The van der Waals surface area contributed by atoms with E-state index in [-0.39, 0.29) is 29.8 Å². The molecule has 3 rings (SSSR count). The molecule has 2 aliphatic heterocycles. The molecule has 8 heteroatoms. The third-order valence-electron chi connectivity index (χ3n) is 5.24. The Balaban J connectivity index is 1.52. The number of nitrogens with zero attached hydrogens (tertiary/aromatic N) is 1. The quantitative estimate of drug-likeness (QED) is 0.804. The molecule has 6 nitrogen and oxygen atoms in total. The lowest BCUT2D eigenvalue weighted by molar-refractivity contribution is -0.126. The number of carbonyl (C=O) groups excluding carboxylic acids is 1. The molecule has 2 fully saturated rings. The second-order valence-corrected chi connectivity index (χ2v) is 8.97. The molecule has 2 N–H and O–H groups in total. The third kappa shape index (κ3) is 4.42. The highest BCUT2D eigenvalue weighted by atomic mass is 32.2.